The maximum atomic E-state index is 14.1. The predicted octanol–water partition coefficient (Wildman–Crippen LogP) is 4.58. The molecule has 2 amide bonds. The number of methoxy groups -OCH3 is 2. The van der Waals surface area contributed by atoms with Crippen molar-refractivity contribution in [2.75, 3.05) is 36.4 Å². The van der Waals surface area contributed by atoms with E-state index in [2.05, 4.69) is 20.6 Å². The number of carbonyl (C=O) groups is 1. The van der Waals surface area contributed by atoms with Crippen molar-refractivity contribution in [3.8, 4) is 5.75 Å². The van der Waals surface area contributed by atoms with E-state index in [1.54, 1.807) is 31.4 Å². The number of ether oxygens (including phenoxy) is 2. The molecule has 0 fully saturated rings. The fourth-order valence-electron chi connectivity index (χ4n) is 2.90. The van der Waals surface area contributed by atoms with Crippen LogP contribution in [-0.4, -0.2) is 42.9 Å². The Kier molecular flexibility index (Phi) is 7.50. The molecule has 0 radical (unpaired) electrons. The fourth-order valence-corrected chi connectivity index (χ4v) is 2.90. The van der Waals surface area contributed by atoms with Gasteiger partial charge in [0.2, 0.25) is 5.95 Å². The maximum Gasteiger partial charge on any atom is 0.332 e. The summed E-state index contributed by atoms with van der Waals surface area (Å²) in [7, 11) is 3.11. The van der Waals surface area contributed by atoms with E-state index in [4.69, 9.17) is 9.47 Å². The molecule has 8 nitrogen and oxygen atoms in total. The monoisotopic (exact) mass is 443 g/mol. The quantitative estimate of drug-likeness (QED) is 0.530. The standard InChI is InChI=1S/C22H23F2N5O3/c1-14(13-31-2)26-21-25-11-10-20(28-21)29(16-5-7-17(32-3)8-6-16)22(30)27-19-9-4-15(23)12-18(19)24/h4-12,14H,13H2,1-3H3,(H,27,30)(H,25,26,28)/t14-/m0/s1. The third-order valence-corrected chi connectivity index (χ3v) is 4.37. The molecule has 0 unspecified atom stereocenters. The van der Waals surface area contributed by atoms with E-state index in [1.807, 2.05) is 6.92 Å². The Morgan fingerprint density at radius 2 is 1.88 bits per heavy atom. The van der Waals surface area contributed by atoms with Crippen LogP contribution >= 0.6 is 0 Å². The average molecular weight is 443 g/mol. The van der Waals surface area contributed by atoms with E-state index in [1.165, 1.54) is 24.3 Å². The van der Waals surface area contributed by atoms with Crippen molar-refractivity contribution in [3.05, 3.63) is 66.4 Å². The molecule has 3 aromatic rings. The first-order valence-electron chi connectivity index (χ1n) is 9.70. The summed E-state index contributed by atoms with van der Waals surface area (Å²) in [5.41, 5.74) is 0.274. The number of urea groups is 1. The minimum absolute atomic E-state index is 0.0770. The van der Waals surface area contributed by atoms with Crippen LogP contribution in [0, 0.1) is 11.6 Å². The van der Waals surface area contributed by atoms with Gasteiger partial charge in [-0.1, -0.05) is 0 Å². The van der Waals surface area contributed by atoms with Gasteiger partial charge < -0.3 is 20.1 Å². The van der Waals surface area contributed by atoms with Gasteiger partial charge in [-0.2, -0.15) is 4.98 Å². The topological polar surface area (TPSA) is 88.6 Å². The molecule has 3 rings (SSSR count). The highest BCUT2D eigenvalue weighted by Crippen LogP contribution is 2.28. The zero-order chi connectivity index (χ0) is 23.1. The molecule has 0 bridgehead atoms. The van der Waals surface area contributed by atoms with E-state index in [0.717, 1.165) is 12.1 Å². The van der Waals surface area contributed by atoms with E-state index in [9.17, 15) is 13.6 Å². The number of halogens is 2. The number of benzene rings is 2. The predicted molar refractivity (Wildman–Crippen MR) is 118 cm³/mol. The number of aromatic nitrogens is 2. The first kappa shape index (κ1) is 22.9. The van der Waals surface area contributed by atoms with Crippen LogP contribution in [0.5, 0.6) is 5.75 Å². The van der Waals surface area contributed by atoms with Crippen LogP contribution in [0.4, 0.5) is 36.7 Å². The Hall–Kier alpha value is -3.79. The van der Waals surface area contributed by atoms with Gasteiger partial charge in [0.1, 0.15) is 23.2 Å². The number of rotatable bonds is 8. The molecular formula is C22H23F2N5O3. The lowest BCUT2D eigenvalue weighted by molar-refractivity contribution is 0.190. The molecule has 1 aromatic heterocycles. The lowest BCUT2D eigenvalue weighted by Gasteiger charge is -2.23. The van der Waals surface area contributed by atoms with Gasteiger partial charge in [-0.15, -0.1) is 0 Å². The molecular weight excluding hydrogens is 420 g/mol. The summed E-state index contributed by atoms with van der Waals surface area (Å²) in [5.74, 6) is -0.531. The molecule has 2 N–H and O–H groups in total. The van der Waals surface area contributed by atoms with Gasteiger partial charge in [0.25, 0.3) is 0 Å². The number of carbonyl (C=O) groups excluding carboxylic acids is 1. The van der Waals surface area contributed by atoms with Crippen molar-refractivity contribution < 1.29 is 23.0 Å². The number of hydrogen-bond donors (Lipinski definition) is 2. The van der Waals surface area contributed by atoms with Gasteiger partial charge in [0.05, 0.1) is 25.1 Å². The maximum absolute atomic E-state index is 14.1. The lowest BCUT2D eigenvalue weighted by Crippen LogP contribution is -2.32. The minimum Gasteiger partial charge on any atom is -0.497 e. The fraction of sp³-hybridized carbons (Fsp3) is 0.227. The van der Waals surface area contributed by atoms with Gasteiger partial charge in [0.15, 0.2) is 0 Å². The Bertz CT molecular complexity index is 1070. The molecule has 1 heterocycles. The van der Waals surface area contributed by atoms with E-state index in [0.29, 0.717) is 24.1 Å². The number of nitrogens with one attached hydrogen (secondary N) is 2. The van der Waals surface area contributed by atoms with Crippen LogP contribution in [-0.2, 0) is 4.74 Å². The van der Waals surface area contributed by atoms with Crippen LogP contribution < -0.4 is 20.3 Å². The van der Waals surface area contributed by atoms with Gasteiger partial charge in [0, 0.05) is 31.5 Å². The van der Waals surface area contributed by atoms with Crippen LogP contribution in [0.2, 0.25) is 0 Å². The van der Waals surface area contributed by atoms with Gasteiger partial charge >= 0.3 is 6.03 Å². The van der Waals surface area contributed by atoms with Crippen molar-refractivity contribution in [2.24, 2.45) is 0 Å². The van der Waals surface area contributed by atoms with Crippen molar-refractivity contribution in [2.45, 2.75) is 13.0 Å². The first-order chi connectivity index (χ1) is 15.4. The van der Waals surface area contributed by atoms with E-state index in [-0.39, 0.29) is 23.5 Å². The number of nitrogens with zero attached hydrogens (tertiary/aromatic N) is 3. The number of anilines is 4. The minimum atomic E-state index is -0.897. The highest BCUT2D eigenvalue weighted by Gasteiger charge is 2.22. The van der Waals surface area contributed by atoms with Crippen molar-refractivity contribution in [1.29, 1.82) is 0 Å². The second kappa shape index (κ2) is 10.5. The summed E-state index contributed by atoms with van der Waals surface area (Å²) in [4.78, 5) is 23.0. The van der Waals surface area contributed by atoms with Crippen LogP contribution in [0.1, 0.15) is 6.92 Å². The normalized spacial score (nSPS) is 11.5. The van der Waals surface area contributed by atoms with Gasteiger partial charge in [-0.3, -0.25) is 0 Å². The summed E-state index contributed by atoms with van der Waals surface area (Å²) in [6.07, 6.45) is 1.49. The average Bonchev–Trinajstić information content (AvgIpc) is 2.77. The van der Waals surface area contributed by atoms with Crippen molar-refractivity contribution in [3.63, 3.8) is 0 Å². The third kappa shape index (κ3) is 5.67. The number of hydrogen-bond acceptors (Lipinski definition) is 6. The molecule has 0 spiro atoms. The van der Waals surface area contributed by atoms with Crippen LogP contribution in [0.15, 0.2) is 54.7 Å². The van der Waals surface area contributed by atoms with Crippen LogP contribution in [0.3, 0.4) is 0 Å². The third-order valence-electron chi connectivity index (χ3n) is 4.37. The molecule has 32 heavy (non-hydrogen) atoms. The Morgan fingerprint density at radius 1 is 1.12 bits per heavy atom. The molecule has 10 heteroatoms. The molecule has 0 aliphatic heterocycles. The molecule has 0 aliphatic rings. The smallest absolute Gasteiger partial charge is 0.332 e. The molecule has 0 aliphatic carbocycles. The van der Waals surface area contributed by atoms with Gasteiger partial charge in [-0.25, -0.2) is 23.5 Å². The van der Waals surface area contributed by atoms with Gasteiger partial charge in [-0.05, 0) is 43.3 Å². The Balaban J connectivity index is 1.96. The molecule has 2 aromatic carbocycles. The summed E-state index contributed by atoms with van der Waals surface area (Å²) in [6.45, 7) is 2.32. The lowest BCUT2D eigenvalue weighted by atomic mass is 10.2. The Labute approximate surface area is 184 Å². The zero-order valence-corrected chi connectivity index (χ0v) is 17.8. The van der Waals surface area contributed by atoms with Crippen LogP contribution in [0.25, 0.3) is 0 Å². The number of amides is 2. The highest BCUT2D eigenvalue weighted by atomic mass is 19.1. The highest BCUT2D eigenvalue weighted by molar-refractivity contribution is 6.06. The second-order valence-electron chi connectivity index (χ2n) is 6.83. The Morgan fingerprint density at radius 3 is 2.53 bits per heavy atom. The van der Waals surface area contributed by atoms with E-state index < -0.39 is 17.7 Å². The summed E-state index contributed by atoms with van der Waals surface area (Å²) in [6, 6.07) is 10.3. The zero-order valence-electron chi connectivity index (χ0n) is 17.8. The SMILES string of the molecule is COC[C@H](C)Nc1nccc(N(C(=O)Nc2ccc(F)cc2F)c2ccc(OC)cc2)n1. The summed E-state index contributed by atoms with van der Waals surface area (Å²) in [5, 5.41) is 5.54. The van der Waals surface area contributed by atoms with E-state index >= 15 is 0 Å². The molecule has 0 saturated carbocycles. The summed E-state index contributed by atoms with van der Waals surface area (Å²) < 4.78 is 37.6. The van der Waals surface area contributed by atoms with Crippen molar-refractivity contribution >= 4 is 29.2 Å². The molecule has 1 atom stereocenters. The van der Waals surface area contributed by atoms with Crippen molar-refractivity contribution in [1.82, 2.24) is 9.97 Å². The molecule has 168 valence electrons. The first-order valence-corrected chi connectivity index (χ1v) is 9.70. The molecule has 0 saturated heterocycles. The summed E-state index contributed by atoms with van der Waals surface area (Å²) >= 11 is 0. The second-order valence-corrected chi connectivity index (χ2v) is 6.83. The largest absolute Gasteiger partial charge is 0.497 e.